The van der Waals surface area contributed by atoms with Gasteiger partial charge in [0.15, 0.2) is 0 Å². The molecule has 2 heterocycles. The lowest BCUT2D eigenvalue weighted by molar-refractivity contribution is -0.153. The van der Waals surface area contributed by atoms with E-state index in [4.69, 9.17) is 0 Å². The Bertz CT molecular complexity index is 982. The molecule has 2 fully saturated rings. The van der Waals surface area contributed by atoms with Crippen molar-refractivity contribution >= 4 is 23.6 Å². The van der Waals surface area contributed by atoms with E-state index in [1.165, 1.54) is 12.5 Å². The molecular weight excluding hydrogens is 446 g/mol. The van der Waals surface area contributed by atoms with Gasteiger partial charge in [0.25, 0.3) is 0 Å². The second-order valence-electron chi connectivity index (χ2n) is 9.90. The molecule has 35 heavy (non-hydrogen) atoms. The van der Waals surface area contributed by atoms with Crippen LogP contribution in [0.15, 0.2) is 24.3 Å². The van der Waals surface area contributed by atoms with Crippen molar-refractivity contribution in [3.8, 4) is 0 Å². The van der Waals surface area contributed by atoms with Gasteiger partial charge in [-0.2, -0.15) is 0 Å². The summed E-state index contributed by atoms with van der Waals surface area (Å²) in [5.74, 6) is -0.855. The van der Waals surface area contributed by atoms with Crippen molar-refractivity contribution < 1.29 is 19.2 Å². The standard InChI is InChI=1S/C26H37N5O4/c1-16(27-3)24(33)29-21-12-7-15-30(17(2)32)23-14-13-22(31(23)26(21)35)25(34)28-20-11-6-9-18-8-4-5-10-19(18)20/h4-5,8,10,16,20-23,27H,6-7,9,11-15H2,1-3H3,(H,28,34)(H,29,33)/t16-,20?,21?,22?,23?/m0/s1. The van der Waals surface area contributed by atoms with Gasteiger partial charge < -0.3 is 25.8 Å². The number of benzene rings is 1. The third-order valence-corrected chi connectivity index (χ3v) is 7.70. The maximum atomic E-state index is 13.8. The van der Waals surface area contributed by atoms with Crippen LogP contribution < -0.4 is 16.0 Å². The molecule has 0 radical (unpaired) electrons. The van der Waals surface area contributed by atoms with E-state index in [0.717, 1.165) is 24.8 Å². The van der Waals surface area contributed by atoms with Crippen molar-refractivity contribution in [1.29, 1.82) is 0 Å². The van der Waals surface area contributed by atoms with Crippen LogP contribution in [0.3, 0.4) is 0 Å². The van der Waals surface area contributed by atoms with E-state index in [1.54, 1.807) is 23.8 Å². The molecule has 1 aromatic carbocycles. The number of likely N-dealkylation sites (N-methyl/N-ethyl adjacent to an activating group) is 1. The molecule has 4 rings (SSSR count). The maximum Gasteiger partial charge on any atom is 0.247 e. The number of carbonyl (C=O) groups excluding carboxylic acids is 4. The van der Waals surface area contributed by atoms with E-state index in [-0.39, 0.29) is 29.7 Å². The average molecular weight is 484 g/mol. The summed E-state index contributed by atoms with van der Waals surface area (Å²) in [6, 6.07) is 6.23. The summed E-state index contributed by atoms with van der Waals surface area (Å²) >= 11 is 0. The fourth-order valence-corrected chi connectivity index (χ4v) is 5.68. The fraction of sp³-hybridized carbons (Fsp3) is 0.615. The minimum Gasteiger partial charge on any atom is -0.347 e. The highest BCUT2D eigenvalue weighted by Crippen LogP contribution is 2.33. The molecule has 4 amide bonds. The normalized spacial score (nSPS) is 27.2. The summed E-state index contributed by atoms with van der Waals surface area (Å²) in [6.07, 6.45) is 4.41. The number of nitrogens with one attached hydrogen (secondary N) is 3. The highest BCUT2D eigenvalue weighted by atomic mass is 16.2. The molecule has 3 aliphatic rings. The monoisotopic (exact) mass is 483 g/mol. The Hall–Kier alpha value is -2.94. The SMILES string of the molecule is CN[C@@H](C)C(=O)NC1CCCN(C(C)=O)C2CCC(C(=O)NC3CCCc4ccccc43)N2C1=O. The topological polar surface area (TPSA) is 111 Å². The lowest BCUT2D eigenvalue weighted by Crippen LogP contribution is -2.62. The van der Waals surface area contributed by atoms with Gasteiger partial charge in [-0.3, -0.25) is 19.2 Å². The van der Waals surface area contributed by atoms with Crippen molar-refractivity contribution in [2.75, 3.05) is 13.6 Å². The van der Waals surface area contributed by atoms with Gasteiger partial charge in [-0.25, -0.2) is 0 Å². The summed E-state index contributed by atoms with van der Waals surface area (Å²) in [5.41, 5.74) is 2.39. The van der Waals surface area contributed by atoms with Crippen molar-refractivity contribution in [2.45, 2.75) is 89.1 Å². The Labute approximate surface area is 207 Å². The molecule has 9 heteroatoms. The van der Waals surface area contributed by atoms with Crippen LogP contribution in [-0.2, 0) is 25.6 Å². The zero-order chi connectivity index (χ0) is 25.1. The highest BCUT2D eigenvalue weighted by molar-refractivity contribution is 5.94. The number of amides is 4. The molecule has 0 saturated carbocycles. The molecule has 2 aliphatic heterocycles. The van der Waals surface area contributed by atoms with Crippen molar-refractivity contribution in [2.24, 2.45) is 0 Å². The largest absolute Gasteiger partial charge is 0.347 e. The zero-order valence-electron chi connectivity index (χ0n) is 20.9. The molecule has 0 aromatic heterocycles. The van der Waals surface area contributed by atoms with Crippen molar-refractivity contribution in [3.63, 3.8) is 0 Å². The van der Waals surface area contributed by atoms with Crippen LogP contribution in [0.5, 0.6) is 0 Å². The predicted octanol–water partition coefficient (Wildman–Crippen LogP) is 1.23. The Morgan fingerprint density at radius 3 is 2.49 bits per heavy atom. The van der Waals surface area contributed by atoms with E-state index in [0.29, 0.717) is 32.2 Å². The van der Waals surface area contributed by atoms with E-state index in [9.17, 15) is 19.2 Å². The van der Waals surface area contributed by atoms with Crippen LogP contribution in [0, 0.1) is 0 Å². The first kappa shape index (κ1) is 25.2. The Balaban J connectivity index is 1.57. The summed E-state index contributed by atoms with van der Waals surface area (Å²) in [4.78, 5) is 55.6. The summed E-state index contributed by atoms with van der Waals surface area (Å²) in [7, 11) is 1.69. The number of nitrogens with zero attached hydrogens (tertiary/aromatic N) is 2. The van der Waals surface area contributed by atoms with Gasteiger partial charge in [0.1, 0.15) is 18.2 Å². The molecule has 2 saturated heterocycles. The number of aryl methyl sites for hydroxylation is 1. The van der Waals surface area contributed by atoms with E-state index in [2.05, 4.69) is 28.1 Å². The van der Waals surface area contributed by atoms with Crippen molar-refractivity contribution in [3.05, 3.63) is 35.4 Å². The third-order valence-electron chi connectivity index (χ3n) is 7.70. The predicted molar refractivity (Wildman–Crippen MR) is 131 cm³/mol. The first-order chi connectivity index (χ1) is 16.8. The van der Waals surface area contributed by atoms with E-state index < -0.39 is 24.3 Å². The van der Waals surface area contributed by atoms with Gasteiger partial charge >= 0.3 is 0 Å². The number of carbonyl (C=O) groups is 4. The molecule has 9 nitrogen and oxygen atoms in total. The molecule has 5 atom stereocenters. The van der Waals surface area contributed by atoms with E-state index >= 15 is 0 Å². The molecule has 1 aromatic rings. The van der Waals surface area contributed by atoms with Crippen LogP contribution in [0.1, 0.15) is 69.5 Å². The molecular formula is C26H37N5O4. The quantitative estimate of drug-likeness (QED) is 0.584. The van der Waals surface area contributed by atoms with Gasteiger partial charge in [-0.05, 0) is 70.0 Å². The van der Waals surface area contributed by atoms with Crippen LogP contribution in [0.25, 0.3) is 0 Å². The Kier molecular flexibility index (Phi) is 7.74. The fourth-order valence-electron chi connectivity index (χ4n) is 5.68. The lowest BCUT2D eigenvalue weighted by atomic mass is 9.87. The van der Waals surface area contributed by atoms with Crippen molar-refractivity contribution in [1.82, 2.24) is 25.8 Å². The Morgan fingerprint density at radius 2 is 1.74 bits per heavy atom. The van der Waals surface area contributed by atoms with Gasteiger partial charge in [0, 0.05) is 13.5 Å². The smallest absolute Gasteiger partial charge is 0.247 e. The summed E-state index contributed by atoms with van der Waals surface area (Å²) in [6.45, 7) is 3.73. The minimum atomic E-state index is -0.723. The van der Waals surface area contributed by atoms with Gasteiger partial charge in [-0.1, -0.05) is 24.3 Å². The first-order valence-electron chi connectivity index (χ1n) is 12.8. The maximum absolute atomic E-state index is 13.8. The molecule has 0 spiro atoms. The third kappa shape index (κ3) is 5.19. The second-order valence-corrected chi connectivity index (χ2v) is 9.90. The molecule has 1 aliphatic carbocycles. The molecule has 4 unspecified atom stereocenters. The van der Waals surface area contributed by atoms with Gasteiger partial charge in [-0.15, -0.1) is 0 Å². The average Bonchev–Trinajstić information content (AvgIpc) is 3.28. The number of hydrogen-bond donors (Lipinski definition) is 3. The van der Waals surface area contributed by atoms with E-state index in [1.807, 2.05) is 12.1 Å². The van der Waals surface area contributed by atoms with Crippen LogP contribution in [0.4, 0.5) is 0 Å². The zero-order valence-corrected chi connectivity index (χ0v) is 20.9. The Morgan fingerprint density at radius 1 is 1.00 bits per heavy atom. The summed E-state index contributed by atoms with van der Waals surface area (Å²) in [5, 5.41) is 8.96. The number of hydrogen-bond acceptors (Lipinski definition) is 5. The van der Waals surface area contributed by atoms with Crippen LogP contribution in [-0.4, -0.2) is 71.3 Å². The lowest BCUT2D eigenvalue weighted by Gasteiger charge is -2.41. The van der Waals surface area contributed by atoms with Gasteiger partial charge in [0.2, 0.25) is 23.6 Å². The number of rotatable bonds is 5. The van der Waals surface area contributed by atoms with Crippen LogP contribution in [0.2, 0.25) is 0 Å². The second kappa shape index (κ2) is 10.8. The molecule has 190 valence electrons. The van der Waals surface area contributed by atoms with Gasteiger partial charge in [0.05, 0.1) is 12.1 Å². The first-order valence-corrected chi connectivity index (χ1v) is 12.8. The highest BCUT2D eigenvalue weighted by Gasteiger charge is 2.47. The summed E-state index contributed by atoms with van der Waals surface area (Å²) < 4.78 is 0. The van der Waals surface area contributed by atoms with Crippen LogP contribution >= 0.6 is 0 Å². The molecule has 3 N–H and O–H groups in total. The minimum absolute atomic E-state index is 0.0905. The number of fused-ring (bicyclic) bond motifs is 2. The molecule has 0 bridgehead atoms.